The van der Waals surface area contributed by atoms with Crippen LogP contribution in [0.15, 0.2) is 72.8 Å². The predicted molar refractivity (Wildman–Crippen MR) is 163 cm³/mol. The van der Waals surface area contributed by atoms with E-state index >= 15 is 0 Å². The highest BCUT2D eigenvalue weighted by Crippen LogP contribution is 2.44. The van der Waals surface area contributed by atoms with E-state index < -0.39 is 47.9 Å². The molecule has 3 amide bonds. The maximum atomic E-state index is 13.8. The molecule has 0 spiro atoms. The number of amides is 3. The van der Waals surface area contributed by atoms with Crippen molar-refractivity contribution in [3.63, 3.8) is 0 Å². The Morgan fingerprint density at radius 1 is 0.833 bits per heavy atom. The van der Waals surface area contributed by atoms with Gasteiger partial charge in [0, 0.05) is 20.2 Å². The van der Waals surface area contributed by atoms with E-state index in [1.807, 2.05) is 0 Å². The molecule has 0 bridgehead atoms. The van der Waals surface area contributed by atoms with Gasteiger partial charge in [-0.1, -0.05) is 73.3 Å². The standard InChI is InChI=1S/C30H22Br2Cl2N2O6/c31-23-13-21-22(14-24(23)32)29(40)36(28(21)39)35(27(38)20-11-8-18(33)12-25(20)34)15-26(37)16-6-9-19(10-7-16)42-30(41)17-4-2-1-3-5-17/h1-12,21-24H,13-15H2/t21-,22+,23+,24-. The lowest BCUT2D eigenvalue weighted by atomic mass is 9.81. The quantitative estimate of drug-likeness (QED) is 0.0919. The molecule has 42 heavy (non-hydrogen) atoms. The van der Waals surface area contributed by atoms with Crippen LogP contribution in [0, 0.1) is 11.8 Å². The average molecular weight is 737 g/mol. The topological polar surface area (TPSA) is 101 Å². The Kier molecular flexibility index (Phi) is 9.17. The minimum absolute atomic E-state index is 0.00656. The van der Waals surface area contributed by atoms with Crippen molar-refractivity contribution in [2.45, 2.75) is 22.5 Å². The number of Topliss-reactive ketones (excluding diaryl/α,β-unsaturated/α-hetero) is 1. The minimum Gasteiger partial charge on any atom is -0.423 e. The number of hydrazine groups is 1. The average Bonchev–Trinajstić information content (AvgIpc) is 3.20. The summed E-state index contributed by atoms with van der Waals surface area (Å²) in [5.41, 5.74) is 0.516. The molecule has 0 unspecified atom stereocenters. The molecule has 216 valence electrons. The molecule has 0 N–H and O–H groups in total. The number of nitrogens with zero attached hydrogens (tertiary/aromatic N) is 2. The second-order valence-corrected chi connectivity index (χ2v) is 13.1. The molecule has 0 aromatic heterocycles. The Labute approximate surface area is 268 Å². The Morgan fingerprint density at radius 2 is 1.43 bits per heavy atom. The lowest BCUT2D eigenvalue weighted by Gasteiger charge is -2.30. The summed E-state index contributed by atoms with van der Waals surface area (Å²) in [6.07, 6.45) is 0.783. The molecule has 2 fully saturated rings. The molecule has 1 aliphatic heterocycles. The van der Waals surface area contributed by atoms with Crippen LogP contribution >= 0.6 is 55.1 Å². The van der Waals surface area contributed by atoms with Crippen molar-refractivity contribution >= 4 is 84.5 Å². The Morgan fingerprint density at radius 3 is 2.00 bits per heavy atom. The number of hydrogen-bond donors (Lipinski definition) is 0. The lowest BCUT2D eigenvalue weighted by molar-refractivity contribution is -0.154. The first-order chi connectivity index (χ1) is 20.0. The van der Waals surface area contributed by atoms with Crippen LogP contribution < -0.4 is 4.74 Å². The van der Waals surface area contributed by atoms with Crippen molar-refractivity contribution < 1.29 is 28.7 Å². The van der Waals surface area contributed by atoms with Crippen molar-refractivity contribution in [2.24, 2.45) is 11.8 Å². The monoisotopic (exact) mass is 734 g/mol. The van der Waals surface area contributed by atoms with Crippen LogP contribution in [0.1, 0.15) is 43.9 Å². The number of hydrogen-bond acceptors (Lipinski definition) is 6. The van der Waals surface area contributed by atoms with Crippen molar-refractivity contribution in [3.8, 4) is 5.75 Å². The molecule has 1 saturated heterocycles. The normalized spacial score (nSPS) is 21.6. The first-order valence-corrected chi connectivity index (χ1v) is 15.5. The van der Waals surface area contributed by atoms with Crippen molar-refractivity contribution in [1.82, 2.24) is 10.0 Å². The number of rotatable bonds is 7. The molecule has 8 nitrogen and oxygen atoms in total. The first-order valence-electron chi connectivity index (χ1n) is 12.9. The molecule has 12 heteroatoms. The number of carbonyl (C=O) groups is 5. The number of benzene rings is 3. The van der Waals surface area contributed by atoms with Gasteiger partial charge in [0.15, 0.2) is 5.78 Å². The zero-order chi connectivity index (χ0) is 30.1. The van der Waals surface area contributed by atoms with E-state index in [0.717, 1.165) is 10.0 Å². The van der Waals surface area contributed by atoms with Crippen molar-refractivity contribution in [3.05, 3.63) is 99.5 Å². The van der Waals surface area contributed by atoms with Crippen LogP contribution in [0.25, 0.3) is 0 Å². The Bertz CT molecular complexity index is 1540. The first kappa shape index (κ1) is 30.4. The Hall–Kier alpha value is -3.05. The fourth-order valence-corrected chi connectivity index (χ4v) is 6.75. The van der Waals surface area contributed by atoms with E-state index in [1.54, 1.807) is 30.3 Å². The number of carbonyl (C=O) groups excluding carboxylic acids is 5. The van der Waals surface area contributed by atoms with E-state index in [0.29, 0.717) is 23.4 Å². The van der Waals surface area contributed by atoms with Gasteiger partial charge in [-0.15, -0.1) is 0 Å². The van der Waals surface area contributed by atoms with Crippen LogP contribution in [-0.4, -0.2) is 55.7 Å². The zero-order valence-electron chi connectivity index (χ0n) is 21.7. The largest absolute Gasteiger partial charge is 0.423 e. The molecule has 3 aromatic rings. The highest BCUT2D eigenvalue weighted by molar-refractivity contribution is 9.12. The third kappa shape index (κ3) is 6.17. The summed E-state index contributed by atoms with van der Waals surface area (Å²) >= 11 is 19.4. The van der Waals surface area contributed by atoms with Gasteiger partial charge in [-0.25, -0.2) is 9.80 Å². The van der Waals surface area contributed by atoms with E-state index in [4.69, 9.17) is 27.9 Å². The highest BCUT2D eigenvalue weighted by Gasteiger charge is 2.54. The fraction of sp³-hybridized carbons (Fsp3) is 0.233. The molecule has 2 aliphatic rings. The summed E-state index contributed by atoms with van der Waals surface area (Å²) in [6.45, 7) is -0.618. The summed E-state index contributed by atoms with van der Waals surface area (Å²) in [7, 11) is 0. The van der Waals surface area contributed by atoms with Crippen LogP contribution in [0.4, 0.5) is 0 Å². The third-order valence-electron chi connectivity index (χ3n) is 7.22. The maximum absolute atomic E-state index is 13.8. The van der Waals surface area contributed by atoms with Gasteiger partial charge >= 0.3 is 5.97 Å². The number of ether oxygens (including phenoxy) is 1. The number of esters is 1. The SMILES string of the molecule is O=C(CN(C(=O)c1ccc(Cl)cc1Cl)N1C(=O)[C@H]2C[C@@H](Br)[C@@H](Br)C[C@H]2C1=O)c1ccc(OC(=O)c2ccccc2)cc1. The lowest BCUT2D eigenvalue weighted by Crippen LogP contribution is -2.52. The second-order valence-electron chi connectivity index (χ2n) is 9.89. The summed E-state index contributed by atoms with van der Waals surface area (Å²) < 4.78 is 5.37. The van der Waals surface area contributed by atoms with E-state index in [9.17, 15) is 24.0 Å². The van der Waals surface area contributed by atoms with Crippen LogP contribution in [-0.2, 0) is 9.59 Å². The van der Waals surface area contributed by atoms with Gasteiger partial charge in [0.2, 0.25) is 0 Å². The van der Waals surface area contributed by atoms with Crippen LogP contribution in [0.5, 0.6) is 5.75 Å². The van der Waals surface area contributed by atoms with Gasteiger partial charge in [0.25, 0.3) is 17.7 Å². The predicted octanol–water partition coefficient (Wildman–Crippen LogP) is 6.37. The number of halogens is 4. The van der Waals surface area contributed by atoms with E-state index in [2.05, 4.69) is 31.9 Å². The molecule has 0 radical (unpaired) electrons. The van der Waals surface area contributed by atoms with Gasteiger partial charge < -0.3 is 4.74 Å². The smallest absolute Gasteiger partial charge is 0.343 e. The van der Waals surface area contributed by atoms with Gasteiger partial charge in [0.1, 0.15) is 12.3 Å². The molecule has 1 saturated carbocycles. The highest BCUT2D eigenvalue weighted by atomic mass is 79.9. The molecule has 3 aromatic carbocycles. The second kappa shape index (κ2) is 12.7. The number of ketones is 1. The molecule has 1 heterocycles. The van der Waals surface area contributed by atoms with Gasteiger partial charge in [-0.3, -0.25) is 19.2 Å². The van der Waals surface area contributed by atoms with Gasteiger partial charge in [-0.2, -0.15) is 5.01 Å². The summed E-state index contributed by atoms with van der Waals surface area (Å²) in [5, 5.41) is 1.95. The van der Waals surface area contributed by atoms with Gasteiger partial charge in [0.05, 0.1) is 28.0 Å². The summed E-state index contributed by atoms with van der Waals surface area (Å²) in [5.74, 6) is -4.09. The molecule has 4 atom stereocenters. The number of fused-ring (bicyclic) bond motifs is 1. The number of alkyl halides is 2. The molecular formula is C30H22Br2Cl2N2O6. The zero-order valence-corrected chi connectivity index (χ0v) is 26.4. The van der Waals surface area contributed by atoms with Gasteiger partial charge in [-0.05, 0) is 67.4 Å². The number of imide groups is 1. The summed E-state index contributed by atoms with van der Waals surface area (Å²) in [4.78, 5) is 66.7. The van der Waals surface area contributed by atoms with Crippen molar-refractivity contribution in [2.75, 3.05) is 6.54 Å². The molecular weight excluding hydrogens is 715 g/mol. The van der Waals surface area contributed by atoms with Crippen LogP contribution in [0.3, 0.4) is 0 Å². The Balaban J connectivity index is 1.41. The van der Waals surface area contributed by atoms with E-state index in [-0.39, 0.29) is 31.6 Å². The molecule has 5 rings (SSSR count). The van der Waals surface area contributed by atoms with Crippen molar-refractivity contribution in [1.29, 1.82) is 0 Å². The summed E-state index contributed by atoms with van der Waals surface area (Å²) in [6, 6.07) is 18.4. The minimum atomic E-state index is -0.801. The maximum Gasteiger partial charge on any atom is 0.343 e. The van der Waals surface area contributed by atoms with E-state index in [1.165, 1.54) is 42.5 Å². The third-order valence-corrected chi connectivity index (χ3v) is 10.5. The molecule has 1 aliphatic carbocycles. The van der Waals surface area contributed by atoms with Crippen LogP contribution in [0.2, 0.25) is 10.0 Å². The fourth-order valence-electron chi connectivity index (χ4n) is 5.03.